The average molecular weight is 200 g/mol. The fourth-order valence-corrected chi connectivity index (χ4v) is 1.44. The van der Waals surface area contributed by atoms with Crippen LogP contribution in [0.5, 0.6) is 0 Å². The summed E-state index contributed by atoms with van der Waals surface area (Å²) in [5, 5.41) is 9.19. The van der Waals surface area contributed by atoms with Crippen LogP contribution in [0.25, 0.3) is 0 Å². The van der Waals surface area contributed by atoms with Crippen molar-refractivity contribution >= 4 is 0 Å². The zero-order chi connectivity index (χ0) is 10.4. The summed E-state index contributed by atoms with van der Waals surface area (Å²) >= 11 is 0. The van der Waals surface area contributed by atoms with E-state index in [0.717, 1.165) is 19.3 Å². The Morgan fingerprint density at radius 2 is 2.00 bits per heavy atom. The molecule has 0 bridgehead atoms. The first-order valence-electron chi connectivity index (χ1n) is 5.38. The number of hydrogen-bond acceptors (Lipinski definition) is 3. The number of aliphatic hydroxyl groups is 1. The summed E-state index contributed by atoms with van der Waals surface area (Å²) in [5.41, 5.74) is 1.19. The van der Waals surface area contributed by atoms with Crippen LogP contribution in [0.1, 0.15) is 33.1 Å². The molecule has 0 atom stereocenters. The molecule has 1 aliphatic rings. The third kappa shape index (κ3) is 3.40. The number of rotatable bonds is 4. The lowest BCUT2D eigenvalue weighted by Crippen LogP contribution is -2.36. The van der Waals surface area contributed by atoms with Gasteiger partial charge >= 0.3 is 0 Å². The van der Waals surface area contributed by atoms with E-state index in [4.69, 9.17) is 9.47 Å². The van der Waals surface area contributed by atoms with Gasteiger partial charge in [-0.1, -0.05) is 26.3 Å². The van der Waals surface area contributed by atoms with Crippen LogP contribution in [0.15, 0.2) is 11.6 Å². The van der Waals surface area contributed by atoms with Gasteiger partial charge in [0.25, 0.3) is 0 Å². The summed E-state index contributed by atoms with van der Waals surface area (Å²) in [5.74, 6) is 0. The maximum atomic E-state index is 9.19. The van der Waals surface area contributed by atoms with Crippen LogP contribution in [0, 0.1) is 0 Å². The van der Waals surface area contributed by atoms with Gasteiger partial charge < -0.3 is 14.6 Å². The average Bonchev–Trinajstić information content (AvgIpc) is 2.21. The van der Waals surface area contributed by atoms with Gasteiger partial charge in [0, 0.05) is 0 Å². The number of aliphatic hydroxyl groups excluding tert-OH is 1. The van der Waals surface area contributed by atoms with Gasteiger partial charge in [0.05, 0.1) is 13.2 Å². The van der Waals surface area contributed by atoms with Gasteiger partial charge in [-0.05, 0) is 18.4 Å². The number of ether oxygens (including phenoxy) is 2. The molecule has 0 saturated carbocycles. The lowest BCUT2D eigenvalue weighted by atomic mass is 10.1. The number of hydrogen-bond donors (Lipinski definition) is 1. The zero-order valence-electron chi connectivity index (χ0n) is 9.03. The van der Waals surface area contributed by atoms with Gasteiger partial charge in [-0.2, -0.15) is 0 Å². The highest BCUT2D eigenvalue weighted by Gasteiger charge is 2.22. The Bertz CT molecular complexity index is 181. The molecule has 1 N–H and O–H groups in total. The van der Waals surface area contributed by atoms with Crippen molar-refractivity contribution in [2.75, 3.05) is 13.2 Å². The molecule has 3 heteroatoms. The van der Waals surface area contributed by atoms with Crippen molar-refractivity contribution in [2.24, 2.45) is 0 Å². The first-order valence-corrected chi connectivity index (χ1v) is 5.38. The molecule has 0 aromatic rings. The van der Waals surface area contributed by atoms with Crippen molar-refractivity contribution in [1.29, 1.82) is 0 Å². The van der Waals surface area contributed by atoms with E-state index in [0.29, 0.717) is 13.2 Å². The molecule has 3 nitrogen and oxygen atoms in total. The minimum atomic E-state index is -0.462. The van der Waals surface area contributed by atoms with E-state index < -0.39 is 6.10 Å². The Kier molecular flexibility index (Phi) is 5.15. The van der Waals surface area contributed by atoms with E-state index in [1.165, 1.54) is 5.57 Å². The Labute approximate surface area is 85.7 Å². The van der Waals surface area contributed by atoms with Crippen molar-refractivity contribution in [2.45, 2.75) is 45.5 Å². The quantitative estimate of drug-likeness (QED) is 0.704. The van der Waals surface area contributed by atoms with E-state index in [-0.39, 0.29) is 6.29 Å². The van der Waals surface area contributed by atoms with Gasteiger partial charge in [0.15, 0.2) is 6.29 Å². The molecule has 0 radical (unpaired) electrons. The maximum Gasteiger partial charge on any atom is 0.180 e. The molecule has 1 aliphatic heterocycles. The Morgan fingerprint density at radius 3 is 2.50 bits per heavy atom. The van der Waals surface area contributed by atoms with Crippen LogP contribution in [-0.4, -0.2) is 30.7 Å². The molecule has 0 aromatic heterocycles. The normalized spacial score (nSPS) is 29.2. The molecular weight excluding hydrogens is 180 g/mol. The van der Waals surface area contributed by atoms with Crippen molar-refractivity contribution in [1.82, 2.24) is 0 Å². The largest absolute Gasteiger partial charge is 0.388 e. The van der Waals surface area contributed by atoms with Crippen LogP contribution < -0.4 is 0 Å². The fraction of sp³-hybridized carbons (Fsp3) is 0.818. The second-order valence-electron chi connectivity index (χ2n) is 3.57. The molecule has 1 heterocycles. The van der Waals surface area contributed by atoms with Gasteiger partial charge in [-0.15, -0.1) is 0 Å². The lowest BCUT2D eigenvalue weighted by molar-refractivity contribution is -0.199. The summed E-state index contributed by atoms with van der Waals surface area (Å²) in [6.45, 7) is 5.01. The van der Waals surface area contributed by atoms with Crippen LogP contribution in [-0.2, 0) is 9.47 Å². The molecule has 82 valence electrons. The lowest BCUT2D eigenvalue weighted by Gasteiger charge is -2.28. The summed E-state index contributed by atoms with van der Waals surface area (Å²) in [6, 6.07) is 0. The standard InChI is InChI=1S/C11H20O3/c1-3-5-6-9(4-2)11-13-7-10(12)8-14-11/h6,10-12H,3-5,7-8H2,1-2H3. The summed E-state index contributed by atoms with van der Waals surface area (Å²) in [4.78, 5) is 0. The minimum Gasteiger partial charge on any atom is -0.388 e. The molecule has 1 saturated heterocycles. The Morgan fingerprint density at radius 1 is 1.36 bits per heavy atom. The monoisotopic (exact) mass is 200 g/mol. The number of unbranched alkanes of at least 4 members (excludes halogenated alkanes) is 1. The predicted molar refractivity (Wildman–Crippen MR) is 55.0 cm³/mol. The van der Waals surface area contributed by atoms with Crippen molar-refractivity contribution in [3.63, 3.8) is 0 Å². The molecule has 0 aliphatic carbocycles. The van der Waals surface area contributed by atoms with Gasteiger partial charge in [0.1, 0.15) is 6.10 Å². The van der Waals surface area contributed by atoms with Gasteiger partial charge in [-0.25, -0.2) is 0 Å². The molecule has 0 amide bonds. The van der Waals surface area contributed by atoms with Crippen LogP contribution >= 0.6 is 0 Å². The molecule has 0 spiro atoms. The Hall–Kier alpha value is -0.380. The van der Waals surface area contributed by atoms with Crippen molar-refractivity contribution in [3.05, 3.63) is 11.6 Å². The molecule has 1 fully saturated rings. The van der Waals surface area contributed by atoms with Crippen molar-refractivity contribution < 1.29 is 14.6 Å². The van der Waals surface area contributed by atoms with E-state index in [9.17, 15) is 5.11 Å². The third-order valence-corrected chi connectivity index (χ3v) is 2.29. The van der Waals surface area contributed by atoms with E-state index >= 15 is 0 Å². The number of allylic oxidation sites excluding steroid dienone is 1. The highest BCUT2D eigenvalue weighted by molar-refractivity contribution is 5.05. The first-order chi connectivity index (χ1) is 6.77. The molecule has 0 aromatic carbocycles. The smallest absolute Gasteiger partial charge is 0.180 e. The fourth-order valence-electron chi connectivity index (χ4n) is 1.44. The SMILES string of the molecule is CCCC=C(CC)C1OCC(O)CO1. The third-order valence-electron chi connectivity index (χ3n) is 2.29. The van der Waals surface area contributed by atoms with E-state index in [2.05, 4.69) is 19.9 Å². The highest BCUT2D eigenvalue weighted by Crippen LogP contribution is 2.17. The molecule has 0 unspecified atom stereocenters. The zero-order valence-corrected chi connectivity index (χ0v) is 9.03. The topological polar surface area (TPSA) is 38.7 Å². The highest BCUT2D eigenvalue weighted by atomic mass is 16.7. The summed E-state index contributed by atoms with van der Waals surface area (Å²) < 4.78 is 10.8. The molecular formula is C11H20O3. The van der Waals surface area contributed by atoms with Gasteiger partial charge in [-0.3, -0.25) is 0 Å². The van der Waals surface area contributed by atoms with E-state index in [1.54, 1.807) is 0 Å². The predicted octanol–water partition coefficient (Wildman–Crippen LogP) is 1.86. The van der Waals surface area contributed by atoms with Crippen LogP contribution in [0.3, 0.4) is 0 Å². The second kappa shape index (κ2) is 6.17. The molecule has 1 rings (SSSR count). The van der Waals surface area contributed by atoms with E-state index in [1.807, 2.05) is 0 Å². The van der Waals surface area contributed by atoms with Crippen molar-refractivity contribution in [3.8, 4) is 0 Å². The summed E-state index contributed by atoms with van der Waals surface area (Å²) in [7, 11) is 0. The van der Waals surface area contributed by atoms with Gasteiger partial charge in [0.2, 0.25) is 0 Å². The second-order valence-corrected chi connectivity index (χ2v) is 3.57. The summed E-state index contributed by atoms with van der Waals surface area (Å²) in [6.07, 6.45) is 4.64. The maximum absolute atomic E-state index is 9.19. The molecule has 14 heavy (non-hydrogen) atoms. The van der Waals surface area contributed by atoms with Crippen LogP contribution in [0.4, 0.5) is 0 Å². The van der Waals surface area contributed by atoms with Crippen LogP contribution in [0.2, 0.25) is 0 Å². The minimum absolute atomic E-state index is 0.227. The Balaban J connectivity index is 2.44. The first kappa shape index (κ1) is 11.7.